The lowest BCUT2D eigenvalue weighted by molar-refractivity contribution is -0.137. The van der Waals surface area contributed by atoms with E-state index in [1.54, 1.807) is 0 Å². The molecule has 106 valence electrons. The number of carboxylic acid groups (broad SMARTS) is 1. The lowest BCUT2D eigenvalue weighted by Gasteiger charge is -2.09. The van der Waals surface area contributed by atoms with Gasteiger partial charge in [0.15, 0.2) is 0 Å². The molecule has 1 fully saturated rings. The van der Waals surface area contributed by atoms with Crippen LogP contribution in [0.2, 0.25) is 0 Å². The van der Waals surface area contributed by atoms with Crippen molar-refractivity contribution in [2.75, 3.05) is 6.54 Å². The molecule has 1 saturated carbocycles. The molecule has 0 saturated heterocycles. The van der Waals surface area contributed by atoms with Gasteiger partial charge in [-0.2, -0.15) is 5.10 Å². The molecule has 1 aliphatic carbocycles. The molecule has 0 amide bonds. The third kappa shape index (κ3) is 3.75. The van der Waals surface area contributed by atoms with Crippen molar-refractivity contribution in [3.8, 4) is 0 Å². The molecule has 0 aromatic carbocycles. The Kier molecular flexibility index (Phi) is 3.88. The van der Waals surface area contributed by atoms with Crippen LogP contribution in [0.25, 0.3) is 0 Å². The molecule has 1 aliphatic rings. The van der Waals surface area contributed by atoms with E-state index in [4.69, 9.17) is 5.11 Å². The monoisotopic (exact) mass is 289 g/mol. The molecular formula is C10H15N3O5S. The number of carboxylic acids is 1. The number of nitrogens with one attached hydrogen (secondary N) is 1. The third-order valence-corrected chi connectivity index (χ3v) is 4.24. The second kappa shape index (κ2) is 5.27. The lowest BCUT2D eigenvalue weighted by Crippen LogP contribution is -2.33. The first kappa shape index (κ1) is 14.0. The van der Waals surface area contributed by atoms with Crippen molar-refractivity contribution in [2.24, 2.45) is 5.92 Å². The summed E-state index contributed by atoms with van der Waals surface area (Å²) in [6, 6.07) is 0. The van der Waals surface area contributed by atoms with Crippen molar-refractivity contribution in [3.05, 3.63) is 12.4 Å². The van der Waals surface area contributed by atoms with E-state index >= 15 is 0 Å². The summed E-state index contributed by atoms with van der Waals surface area (Å²) < 4.78 is 27.0. The summed E-state index contributed by atoms with van der Waals surface area (Å²) in [5.41, 5.74) is 0. The van der Waals surface area contributed by atoms with Gasteiger partial charge in [-0.1, -0.05) is 0 Å². The first-order chi connectivity index (χ1) is 8.88. The topological polar surface area (TPSA) is 122 Å². The van der Waals surface area contributed by atoms with Crippen LogP contribution < -0.4 is 4.72 Å². The van der Waals surface area contributed by atoms with Gasteiger partial charge in [-0.25, -0.2) is 13.1 Å². The Hall–Kier alpha value is -1.45. The van der Waals surface area contributed by atoms with Crippen LogP contribution in [-0.4, -0.2) is 47.0 Å². The van der Waals surface area contributed by atoms with Crippen LogP contribution in [0.5, 0.6) is 0 Å². The van der Waals surface area contributed by atoms with Crippen LogP contribution in [0.4, 0.5) is 0 Å². The maximum Gasteiger partial charge on any atom is 0.325 e. The molecule has 1 unspecified atom stereocenters. The zero-order valence-electron chi connectivity index (χ0n) is 10.1. The highest BCUT2D eigenvalue weighted by Crippen LogP contribution is 2.32. The number of aliphatic hydroxyl groups is 1. The fraction of sp³-hybridized carbons (Fsp3) is 0.600. The number of hydrogen-bond donors (Lipinski definition) is 3. The number of aromatic nitrogens is 2. The van der Waals surface area contributed by atoms with Gasteiger partial charge in [-0.3, -0.25) is 9.48 Å². The van der Waals surface area contributed by atoms with Crippen LogP contribution in [0.3, 0.4) is 0 Å². The van der Waals surface area contributed by atoms with Crippen molar-refractivity contribution in [2.45, 2.75) is 30.4 Å². The maximum atomic E-state index is 11.9. The van der Waals surface area contributed by atoms with Gasteiger partial charge < -0.3 is 10.2 Å². The molecule has 1 atom stereocenters. The molecule has 9 heteroatoms. The number of rotatable bonds is 7. The van der Waals surface area contributed by atoms with E-state index in [9.17, 15) is 18.3 Å². The third-order valence-electron chi connectivity index (χ3n) is 2.87. The van der Waals surface area contributed by atoms with E-state index in [0.717, 1.165) is 29.9 Å². The quantitative estimate of drug-likeness (QED) is 0.593. The second-order valence-corrected chi connectivity index (χ2v) is 6.29. The fourth-order valence-corrected chi connectivity index (χ4v) is 2.64. The largest absolute Gasteiger partial charge is 0.480 e. The van der Waals surface area contributed by atoms with Gasteiger partial charge in [0.25, 0.3) is 0 Å². The van der Waals surface area contributed by atoms with Crippen molar-refractivity contribution in [1.29, 1.82) is 0 Å². The van der Waals surface area contributed by atoms with E-state index in [1.807, 2.05) is 0 Å². The Morgan fingerprint density at radius 1 is 1.58 bits per heavy atom. The standard InChI is InChI=1S/C10H15N3O5S/c14-9(7-1-2-7)4-12-19(17,18)8-3-11-13(5-8)6-10(15)16/h3,5,7,9,12,14H,1-2,4,6H2,(H,15,16). The Bertz CT molecular complexity index is 563. The van der Waals surface area contributed by atoms with Crippen LogP contribution in [-0.2, 0) is 21.4 Å². The maximum absolute atomic E-state index is 11.9. The van der Waals surface area contributed by atoms with E-state index in [1.165, 1.54) is 0 Å². The average molecular weight is 289 g/mol. The molecule has 19 heavy (non-hydrogen) atoms. The lowest BCUT2D eigenvalue weighted by atomic mass is 10.2. The van der Waals surface area contributed by atoms with E-state index < -0.39 is 28.6 Å². The number of sulfonamides is 1. The van der Waals surface area contributed by atoms with E-state index in [2.05, 4.69) is 9.82 Å². The average Bonchev–Trinajstić information content (AvgIpc) is 3.06. The summed E-state index contributed by atoms with van der Waals surface area (Å²) in [7, 11) is -3.76. The van der Waals surface area contributed by atoms with Gasteiger partial charge in [0, 0.05) is 12.7 Å². The summed E-state index contributed by atoms with van der Waals surface area (Å²) in [5.74, 6) is -0.929. The van der Waals surface area contributed by atoms with Gasteiger partial charge in [0.05, 0.1) is 12.3 Å². The Balaban J connectivity index is 1.97. The molecule has 8 nitrogen and oxygen atoms in total. The predicted octanol–water partition coefficient (Wildman–Crippen LogP) is -0.983. The molecule has 0 spiro atoms. The smallest absolute Gasteiger partial charge is 0.325 e. The number of nitrogens with zero attached hydrogens (tertiary/aromatic N) is 2. The first-order valence-corrected chi connectivity index (χ1v) is 7.29. The highest BCUT2D eigenvalue weighted by Gasteiger charge is 2.30. The van der Waals surface area contributed by atoms with Crippen molar-refractivity contribution in [3.63, 3.8) is 0 Å². The van der Waals surface area contributed by atoms with Gasteiger partial charge >= 0.3 is 5.97 Å². The van der Waals surface area contributed by atoms with Crippen LogP contribution in [0.1, 0.15) is 12.8 Å². The van der Waals surface area contributed by atoms with E-state index in [-0.39, 0.29) is 17.4 Å². The molecule has 1 aromatic heterocycles. The minimum atomic E-state index is -3.76. The molecular weight excluding hydrogens is 274 g/mol. The molecule has 0 bridgehead atoms. The summed E-state index contributed by atoms with van der Waals surface area (Å²) in [6.07, 6.45) is 3.37. The number of aliphatic hydroxyl groups excluding tert-OH is 1. The Morgan fingerprint density at radius 3 is 2.84 bits per heavy atom. The Labute approximate surface area is 110 Å². The fourth-order valence-electron chi connectivity index (χ4n) is 1.63. The van der Waals surface area contributed by atoms with Crippen LogP contribution in [0.15, 0.2) is 17.3 Å². The van der Waals surface area contributed by atoms with Crippen LogP contribution >= 0.6 is 0 Å². The minimum absolute atomic E-state index is 0.0445. The molecule has 3 N–H and O–H groups in total. The zero-order valence-corrected chi connectivity index (χ0v) is 10.9. The highest BCUT2D eigenvalue weighted by molar-refractivity contribution is 7.89. The van der Waals surface area contributed by atoms with Crippen molar-refractivity contribution in [1.82, 2.24) is 14.5 Å². The number of carbonyl (C=O) groups is 1. The second-order valence-electron chi connectivity index (χ2n) is 4.52. The highest BCUT2D eigenvalue weighted by atomic mass is 32.2. The normalized spacial score (nSPS) is 17.3. The molecule has 2 rings (SSSR count). The van der Waals surface area contributed by atoms with Gasteiger partial charge in [0.2, 0.25) is 10.0 Å². The van der Waals surface area contributed by atoms with E-state index in [0.29, 0.717) is 0 Å². The number of hydrogen-bond acceptors (Lipinski definition) is 5. The summed E-state index contributed by atoms with van der Waals surface area (Å²) in [5, 5.41) is 21.8. The van der Waals surface area contributed by atoms with Gasteiger partial charge in [0.1, 0.15) is 11.4 Å². The molecule has 1 heterocycles. The molecule has 0 aliphatic heterocycles. The minimum Gasteiger partial charge on any atom is -0.480 e. The molecule has 0 radical (unpaired) electrons. The van der Waals surface area contributed by atoms with Gasteiger partial charge in [-0.05, 0) is 18.8 Å². The summed E-state index contributed by atoms with van der Waals surface area (Å²) in [4.78, 5) is 10.4. The SMILES string of the molecule is O=C(O)Cn1cc(S(=O)(=O)NCC(O)C2CC2)cn1. The van der Waals surface area contributed by atoms with Crippen molar-refractivity contribution < 1.29 is 23.4 Å². The summed E-state index contributed by atoms with van der Waals surface area (Å²) in [6.45, 7) is -0.447. The Morgan fingerprint density at radius 2 is 2.26 bits per heavy atom. The first-order valence-electron chi connectivity index (χ1n) is 5.80. The summed E-state index contributed by atoms with van der Waals surface area (Å²) >= 11 is 0. The van der Waals surface area contributed by atoms with Gasteiger partial charge in [-0.15, -0.1) is 0 Å². The number of aliphatic carboxylic acids is 1. The molecule has 1 aromatic rings. The zero-order chi connectivity index (χ0) is 14.0. The van der Waals surface area contributed by atoms with Crippen LogP contribution in [0, 0.1) is 5.92 Å². The van der Waals surface area contributed by atoms with Crippen molar-refractivity contribution >= 4 is 16.0 Å². The predicted molar refractivity (Wildman–Crippen MR) is 63.8 cm³/mol.